The van der Waals surface area contributed by atoms with Crippen LogP contribution in [0.3, 0.4) is 0 Å². The predicted molar refractivity (Wildman–Crippen MR) is 93.9 cm³/mol. The Morgan fingerprint density at radius 2 is 1.65 bits per heavy atom. The number of hydrogen-bond acceptors (Lipinski definition) is 2. The first-order valence-electron chi connectivity index (χ1n) is 8.00. The number of hydrogen-bond donors (Lipinski definition) is 1. The smallest absolute Gasteiger partial charge is 0.165 e. The lowest BCUT2D eigenvalue weighted by atomic mass is 10.0. The molecule has 1 aromatic heterocycles. The first-order chi connectivity index (χ1) is 11.1. The summed E-state index contributed by atoms with van der Waals surface area (Å²) in [4.78, 5) is 0. The van der Waals surface area contributed by atoms with Crippen molar-refractivity contribution in [2.75, 3.05) is 0 Å². The van der Waals surface area contributed by atoms with Gasteiger partial charge in [-0.3, -0.25) is 0 Å². The Morgan fingerprint density at radius 3 is 2.30 bits per heavy atom. The van der Waals surface area contributed by atoms with E-state index in [1.165, 1.54) is 0 Å². The number of benzene rings is 2. The molecule has 1 heterocycles. The molecule has 0 fully saturated rings. The minimum Gasteiger partial charge on any atom is -0.504 e. The van der Waals surface area contributed by atoms with Crippen molar-refractivity contribution in [1.82, 2.24) is 9.78 Å². The number of rotatable bonds is 4. The molecule has 3 nitrogen and oxygen atoms in total. The standard InChI is InChI=1S/C20H22N2O/c1-14(2)13-18-20(23)19(16-10-5-4-6-11-16)21-22(18)17-12-8-7-9-15(17)3/h4-12,14,23H,13H2,1-3H3. The maximum Gasteiger partial charge on any atom is 0.165 e. The lowest BCUT2D eigenvalue weighted by molar-refractivity contribution is 0.461. The van der Waals surface area contributed by atoms with Crippen molar-refractivity contribution in [3.63, 3.8) is 0 Å². The van der Waals surface area contributed by atoms with Crippen LogP contribution in [0.25, 0.3) is 16.9 Å². The zero-order valence-corrected chi connectivity index (χ0v) is 13.8. The molecule has 2 aromatic carbocycles. The van der Waals surface area contributed by atoms with Gasteiger partial charge in [0, 0.05) is 5.56 Å². The maximum absolute atomic E-state index is 10.8. The van der Waals surface area contributed by atoms with Crippen LogP contribution < -0.4 is 0 Å². The van der Waals surface area contributed by atoms with E-state index in [1.54, 1.807) is 0 Å². The van der Waals surface area contributed by atoms with Crippen LogP contribution in [-0.4, -0.2) is 14.9 Å². The van der Waals surface area contributed by atoms with Gasteiger partial charge in [-0.25, -0.2) is 4.68 Å². The van der Waals surface area contributed by atoms with Crippen LogP contribution in [0.5, 0.6) is 5.75 Å². The SMILES string of the molecule is Cc1ccccc1-n1nc(-c2ccccc2)c(O)c1CC(C)C. The van der Waals surface area contributed by atoms with Gasteiger partial charge in [-0.1, -0.05) is 62.4 Å². The molecule has 0 saturated carbocycles. The van der Waals surface area contributed by atoms with Gasteiger partial charge >= 0.3 is 0 Å². The number of aromatic nitrogens is 2. The van der Waals surface area contributed by atoms with E-state index < -0.39 is 0 Å². The van der Waals surface area contributed by atoms with Crippen LogP contribution in [0.15, 0.2) is 54.6 Å². The summed E-state index contributed by atoms with van der Waals surface area (Å²) < 4.78 is 1.90. The number of aromatic hydroxyl groups is 1. The van der Waals surface area contributed by atoms with E-state index in [4.69, 9.17) is 5.10 Å². The van der Waals surface area contributed by atoms with Crippen LogP contribution >= 0.6 is 0 Å². The summed E-state index contributed by atoms with van der Waals surface area (Å²) in [6, 6.07) is 18.0. The number of aryl methyl sites for hydroxylation is 1. The van der Waals surface area contributed by atoms with Crippen molar-refractivity contribution in [1.29, 1.82) is 0 Å². The molecule has 0 unspecified atom stereocenters. The summed E-state index contributed by atoms with van der Waals surface area (Å²) in [6.45, 7) is 6.36. The van der Waals surface area contributed by atoms with Crippen molar-refractivity contribution in [3.8, 4) is 22.7 Å². The second kappa shape index (κ2) is 6.29. The van der Waals surface area contributed by atoms with Crippen molar-refractivity contribution in [3.05, 3.63) is 65.9 Å². The number of para-hydroxylation sites is 1. The molecule has 118 valence electrons. The van der Waals surface area contributed by atoms with Crippen LogP contribution in [0.1, 0.15) is 25.1 Å². The molecule has 0 spiro atoms. The van der Waals surface area contributed by atoms with Crippen molar-refractivity contribution in [2.45, 2.75) is 27.2 Å². The molecule has 3 heteroatoms. The van der Waals surface area contributed by atoms with E-state index >= 15 is 0 Å². The second-order valence-corrected chi connectivity index (χ2v) is 6.31. The molecule has 1 N–H and O–H groups in total. The summed E-state index contributed by atoms with van der Waals surface area (Å²) in [5.41, 5.74) is 4.60. The monoisotopic (exact) mass is 306 g/mol. The van der Waals surface area contributed by atoms with Gasteiger partial charge in [0.2, 0.25) is 0 Å². The molecular weight excluding hydrogens is 284 g/mol. The highest BCUT2D eigenvalue weighted by molar-refractivity contribution is 5.68. The van der Waals surface area contributed by atoms with Crippen LogP contribution in [0.4, 0.5) is 0 Å². The molecule has 0 aliphatic heterocycles. The van der Waals surface area contributed by atoms with Gasteiger partial charge in [0.15, 0.2) is 5.75 Å². The topological polar surface area (TPSA) is 38.0 Å². The van der Waals surface area contributed by atoms with E-state index in [2.05, 4.69) is 26.8 Å². The quantitative estimate of drug-likeness (QED) is 0.755. The van der Waals surface area contributed by atoms with Crippen LogP contribution in [0, 0.1) is 12.8 Å². The lowest BCUT2D eigenvalue weighted by Crippen LogP contribution is -2.06. The van der Waals surface area contributed by atoms with E-state index in [0.717, 1.165) is 28.9 Å². The molecule has 3 rings (SSSR count). The Kier molecular flexibility index (Phi) is 4.20. The third-order valence-electron chi connectivity index (χ3n) is 3.95. The maximum atomic E-state index is 10.8. The van der Waals surface area contributed by atoms with Crippen molar-refractivity contribution >= 4 is 0 Å². The van der Waals surface area contributed by atoms with Gasteiger partial charge in [0.25, 0.3) is 0 Å². The van der Waals surface area contributed by atoms with Gasteiger partial charge in [0.1, 0.15) is 5.69 Å². The van der Waals surface area contributed by atoms with Gasteiger partial charge in [-0.15, -0.1) is 0 Å². The van der Waals surface area contributed by atoms with Gasteiger partial charge in [-0.2, -0.15) is 5.10 Å². The third kappa shape index (κ3) is 3.00. The Bertz CT molecular complexity index is 804. The summed E-state index contributed by atoms with van der Waals surface area (Å²) >= 11 is 0. The average Bonchev–Trinajstić information content (AvgIpc) is 2.85. The normalized spacial score (nSPS) is 11.1. The largest absolute Gasteiger partial charge is 0.504 e. The van der Waals surface area contributed by atoms with Crippen LogP contribution in [0.2, 0.25) is 0 Å². The molecular formula is C20H22N2O. The van der Waals surface area contributed by atoms with E-state index in [0.29, 0.717) is 11.6 Å². The molecule has 0 aliphatic carbocycles. The van der Waals surface area contributed by atoms with Crippen molar-refractivity contribution in [2.24, 2.45) is 5.92 Å². The fraction of sp³-hybridized carbons (Fsp3) is 0.250. The fourth-order valence-electron chi connectivity index (χ4n) is 2.81. The predicted octanol–water partition coefficient (Wildman–Crippen LogP) is 4.75. The molecule has 0 saturated heterocycles. The molecule has 3 aromatic rings. The van der Waals surface area contributed by atoms with Crippen LogP contribution in [-0.2, 0) is 6.42 Å². The summed E-state index contributed by atoms with van der Waals surface area (Å²) in [5.74, 6) is 0.720. The molecule has 0 bridgehead atoms. The van der Waals surface area contributed by atoms with E-state index in [-0.39, 0.29) is 5.75 Å². The minimum absolute atomic E-state index is 0.285. The zero-order valence-electron chi connectivity index (χ0n) is 13.8. The van der Waals surface area contributed by atoms with Gasteiger partial charge in [-0.05, 0) is 30.9 Å². The fourth-order valence-corrected chi connectivity index (χ4v) is 2.81. The lowest BCUT2D eigenvalue weighted by Gasteiger charge is -2.11. The minimum atomic E-state index is 0.285. The molecule has 0 amide bonds. The van der Waals surface area contributed by atoms with Gasteiger partial charge < -0.3 is 5.11 Å². The molecule has 0 radical (unpaired) electrons. The Labute approximate surface area is 137 Å². The summed E-state index contributed by atoms with van der Waals surface area (Å²) in [6.07, 6.45) is 0.778. The first kappa shape index (κ1) is 15.3. The highest BCUT2D eigenvalue weighted by atomic mass is 16.3. The van der Waals surface area contributed by atoms with E-state index in [9.17, 15) is 5.11 Å². The third-order valence-corrected chi connectivity index (χ3v) is 3.95. The zero-order chi connectivity index (χ0) is 16.4. The number of nitrogens with zero attached hydrogens (tertiary/aromatic N) is 2. The highest BCUT2D eigenvalue weighted by Gasteiger charge is 2.20. The molecule has 23 heavy (non-hydrogen) atoms. The Hall–Kier alpha value is -2.55. The van der Waals surface area contributed by atoms with Crippen molar-refractivity contribution < 1.29 is 5.11 Å². The first-order valence-corrected chi connectivity index (χ1v) is 8.00. The second-order valence-electron chi connectivity index (χ2n) is 6.31. The van der Waals surface area contributed by atoms with Gasteiger partial charge in [0.05, 0.1) is 11.4 Å². The Morgan fingerprint density at radius 1 is 1.00 bits per heavy atom. The molecule has 0 aliphatic rings. The summed E-state index contributed by atoms with van der Waals surface area (Å²) in [7, 11) is 0. The summed E-state index contributed by atoms with van der Waals surface area (Å²) in [5, 5.41) is 15.5. The molecule has 0 atom stereocenters. The average molecular weight is 306 g/mol. The van der Waals surface area contributed by atoms with E-state index in [1.807, 2.05) is 53.2 Å². The highest BCUT2D eigenvalue weighted by Crippen LogP contribution is 2.34. The Balaban J connectivity index is 2.21.